The van der Waals surface area contributed by atoms with E-state index in [2.05, 4.69) is 37.5 Å². The van der Waals surface area contributed by atoms with Crippen LogP contribution in [0.2, 0.25) is 5.02 Å². The van der Waals surface area contributed by atoms with E-state index < -0.39 is 0 Å². The first kappa shape index (κ1) is 16.4. The zero-order valence-corrected chi connectivity index (χ0v) is 15.3. The van der Waals surface area contributed by atoms with Crippen molar-refractivity contribution in [3.8, 4) is 0 Å². The number of hydrogen-bond acceptors (Lipinski definition) is 1. The van der Waals surface area contributed by atoms with Crippen molar-refractivity contribution in [2.45, 2.75) is 25.3 Å². The highest BCUT2D eigenvalue weighted by atomic mass is 35.5. The van der Waals surface area contributed by atoms with Crippen molar-refractivity contribution in [1.82, 2.24) is 0 Å². The number of carbonyl (C=O) groups excluding carboxylic acids is 1. The summed E-state index contributed by atoms with van der Waals surface area (Å²) in [4.78, 5) is 16.6. The Kier molecular flexibility index (Phi) is 4.18. The molecular formula is C20H23ClN3O+. The van der Waals surface area contributed by atoms with E-state index >= 15 is 0 Å². The molecule has 0 spiro atoms. The van der Waals surface area contributed by atoms with Gasteiger partial charge in [-0.15, -0.1) is 0 Å². The molecule has 25 heavy (non-hydrogen) atoms. The number of halogens is 1. The number of benzene rings is 2. The second-order valence-corrected chi connectivity index (χ2v) is 7.68. The quantitative estimate of drug-likeness (QED) is 0.809. The summed E-state index contributed by atoms with van der Waals surface area (Å²) < 4.78 is 0. The molecule has 130 valence electrons. The molecule has 3 atom stereocenters. The average Bonchev–Trinajstić information content (AvgIpc) is 2.88. The normalized spacial score (nSPS) is 24.6. The summed E-state index contributed by atoms with van der Waals surface area (Å²) >= 11 is 6.05. The third kappa shape index (κ3) is 3.00. The van der Waals surface area contributed by atoms with Crippen LogP contribution in [0.5, 0.6) is 0 Å². The van der Waals surface area contributed by atoms with Gasteiger partial charge in [0.15, 0.2) is 0 Å². The predicted octanol–water partition coefficient (Wildman–Crippen LogP) is 3.07. The van der Waals surface area contributed by atoms with Crippen molar-refractivity contribution in [1.29, 1.82) is 0 Å². The van der Waals surface area contributed by atoms with Crippen molar-refractivity contribution in [2.24, 2.45) is 0 Å². The fourth-order valence-corrected chi connectivity index (χ4v) is 4.40. The number of piperidine rings is 1. The molecule has 2 aliphatic rings. The lowest BCUT2D eigenvalue weighted by Crippen LogP contribution is -3.11. The van der Waals surface area contributed by atoms with E-state index in [-0.39, 0.29) is 12.1 Å². The highest BCUT2D eigenvalue weighted by molar-refractivity contribution is 6.30. The summed E-state index contributed by atoms with van der Waals surface area (Å²) in [6.45, 7) is 4.28. The van der Waals surface area contributed by atoms with Gasteiger partial charge in [0, 0.05) is 22.8 Å². The van der Waals surface area contributed by atoms with Crippen molar-refractivity contribution < 1.29 is 9.69 Å². The summed E-state index contributed by atoms with van der Waals surface area (Å²) in [5, 5.41) is 3.64. The number of anilines is 2. The largest absolute Gasteiger partial charge is 0.337 e. The van der Waals surface area contributed by atoms with E-state index in [9.17, 15) is 4.79 Å². The number of likely N-dealkylation sites (tertiary alicyclic amines) is 1. The second kappa shape index (κ2) is 6.36. The molecule has 0 aliphatic carbocycles. The predicted molar refractivity (Wildman–Crippen MR) is 102 cm³/mol. The van der Waals surface area contributed by atoms with Crippen molar-refractivity contribution in [3.63, 3.8) is 0 Å². The Bertz CT molecular complexity index is 822. The smallest absolute Gasteiger partial charge is 0.326 e. The molecule has 2 N–H and O–H groups in total. The van der Waals surface area contributed by atoms with Crippen LogP contribution >= 0.6 is 11.6 Å². The van der Waals surface area contributed by atoms with Gasteiger partial charge < -0.3 is 10.2 Å². The Balaban J connectivity index is 1.67. The van der Waals surface area contributed by atoms with Crippen molar-refractivity contribution in [3.05, 3.63) is 58.6 Å². The number of amides is 2. The number of urea groups is 1. The molecular weight excluding hydrogens is 334 g/mol. The maximum Gasteiger partial charge on any atom is 0.326 e. The van der Waals surface area contributed by atoms with E-state index in [1.165, 1.54) is 16.0 Å². The fraction of sp³-hybridized carbons (Fsp3) is 0.350. The molecule has 2 heterocycles. The van der Waals surface area contributed by atoms with E-state index in [0.717, 1.165) is 30.9 Å². The van der Waals surface area contributed by atoms with E-state index in [4.69, 9.17) is 11.6 Å². The third-order valence-electron chi connectivity index (χ3n) is 5.37. The summed E-state index contributed by atoms with van der Waals surface area (Å²) in [7, 11) is 2.24. The Morgan fingerprint density at radius 1 is 1.28 bits per heavy atom. The second-order valence-electron chi connectivity index (χ2n) is 7.25. The van der Waals surface area contributed by atoms with Crippen LogP contribution in [0.4, 0.5) is 16.2 Å². The topological polar surface area (TPSA) is 36.8 Å². The Morgan fingerprint density at radius 3 is 2.92 bits per heavy atom. The maximum atomic E-state index is 13.1. The SMILES string of the molecule is Cc1ccc2c(c1)[C@H]1C[NH+](C)CC[C@@H]1N2C(=O)Nc1cccc(Cl)c1. The molecule has 0 saturated carbocycles. The van der Waals surface area contributed by atoms with Crippen molar-refractivity contribution in [2.75, 3.05) is 30.4 Å². The maximum absolute atomic E-state index is 13.1. The molecule has 1 fully saturated rings. The minimum absolute atomic E-state index is 0.0700. The monoisotopic (exact) mass is 356 g/mol. The molecule has 2 aromatic carbocycles. The first-order valence-corrected chi connectivity index (χ1v) is 9.18. The number of fused-ring (bicyclic) bond motifs is 3. The van der Waals surface area contributed by atoms with Gasteiger partial charge in [-0.25, -0.2) is 4.79 Å². The molecule has 1 unspecified atom stereocenters. The van der Waals surface area contributed by atoms with Gasteiger partial charge in [-0.2, -0.15) is 0 Å². The first-order valence-electron chi connectivity index (χ1n) is 8.80. The first-order chi connectivity index (χ1) is 12.0. The minimum atomic E-state index is -0.0700. The molecule has 2 aromatic rings. The number of nitrogens with zero attached hydrogens (tertiary/aromatic N) is 1. The summed E-state index contributed by atoms with van der Waals surface area (Å²) in [5.41, 5.74) is 4.34. The third-order valence-corrected chi connectivity index (χ3v) is 5.60. The number of quaternary nitrogens is 1. The molecule has 0 radical (unpaired) electrons. The molecule has 0 bridgehead atoms. The number of carbonyl (C=O) groups is 1. The van der Waals surface area contributed by atoms with Crippen LogP contribution < -0.4 is 15.1 Å². The summed E-state index contributed by atoms with van der Waals surface area (Å²) in [5.74, 6) is 0.411. The molecule has 2 amide bonds. The van der Waals surface area contributed by atoms with Crippen LogP contribution in [-0.2, 0) is 0 Å². The lowest BCUT2D eigenvalue weighted by molar-refractivity contribution is -0.886. The zero-order chi connectivity index (χ0) is 17.6. The van der Waals surface area contributed by atoms with Crippen LogP contribution in [0.25, 0.3) is 0 Å². The molecule has 5 heteroatoms. The standard InChI is InChI=1S/C20H22ClN3O/c1-13-6-7-18-16(10-13)17-12-23(2)9-8-19(17)24(18)20(25)22-15-5-3-4-14(21)11-15/h3-7,10-11,17,19H,8-9,12H2,1-2H3,(H,22,25)/p+1/t17-,19+/m1/s1. The minimum Gasteiger partial charge on any atom is -0.337 e. The zero-order valence-electron chi connectivity index (χ0n) is 14.6. The lowest BCUT2D eigenvalue weighted by Gasteiger charge is -2.34. The summed E-state index contributed by atoms with van der Waals surface area (Å²) in [6.07, 6.45) is 1.02. The van der Waals surface area contributed by atoms with Crippen molar-refractivity contribution >= 4 is 29.0 Å². The number of hydrogen-bond donors (Lipinski definition) is 2. The van der Waals surface area contributed by atoms with Gasteiger partial charge in [0.1, 0.15) is 0 Å². The summed E-state index contributed by atoms with van der Waals surface area (Å²) in [6, 6.07) is 13.9. The Labute approximate surface area is 153 Å². The fourth-order valence-electron chi connectivity index (χ4n) is 4.21. The Morgan fingerprint density at radius 2 is 2.12 bits per heavy atom. The van der Waals surface area contributed by atoms with Gasteiger partial charge in [-0.05, 0) is 36.8 Å². The van der Waals surface area contributed by atoms with Crippen LogP contribution in [0, 0.1) is 6.92 Å². The lowest BCUT2D eigenvalue weighted by atomic mass is 9.89. The van der Waals surface area contributed by atoms with Gasteiger partial charge in [-0.3, -0.25) is 4.90 Å². The van der Waals surface area contributed by atoms with Crippen LogP contribution in [-0.4, -0.2) is 32.2 Å². The molecule has 0 aromatic heterocycles. The van der Waals surface area contributed by atoms with Crippen LogP contribution in [0.15, 0.2) is 42.5 Å². The van der Waals surface area contributed by atoms with Gasteiger partial charge in [0.25, 0.3) is 0 Å². The molecule has 1 saturated heterocycles. The highest BCUT2D eigenvalue weighted by Crippen LogP contribution is 2.43. The van der Waals surface area contributed by atoms with E-state index in [1.807, 2.05) is 17.0 Å². The number of nitrogens with one attached hydrogen (secondary N) is 2. The molecule has 4 nitrogen and oxygen atoms in total. The number of rotatable bonds is 1. The number of aryl methyl sites for hydroxylation is 1. The van der Waals surface area contributed by atoms with Gasteiger partial charge in [0.2, 0.25) is 0 Å². The van der Waals surface area contributed by atoms with Gasteiger partial charge in [0.05, 0.1) is 32.1 Å². The van der Waals surface area contributed by atoms with Gasteiger partial charge >= 0.3 is 6.03 Å². The molecule has 2 aliphatic heterocycles. The average molecular weight is 357 g/mol. The Hall–Kier alpha value is -2.04. The number of likely N-dealkylation sites (N-methyl/N-ethyl adjacent to an activating group) is 1. The molecule has 4 rings (SSSR count). The van der Waals surface area contributed by atoms with E-state index in [0.29, 0.717) is 10.9 Å². The van der Waals surface area contributed by atoms with Gasteiger partial charge in [-0.1, -0.05) is 35.4 Å². The van der Waals surface area contributed by atoms with Crippen LogP contribution in [0.3, 0.4) is 0 Å². The van der Waals surface area contributed by atoms with Crippen LogP contribution in [0.1, 0.15) is 23.5 Å². The highest BCUT2D eigenvalue weighted by Gasteiger charge is 2.45. The van der Waals surface area contributed by atoms with E-state index in [1.54, 1.807) is 12.1 Å².